The molecule has 1 saturated heterocycles. The molecule has 2 unspecified atom stereocenters. The van der Waals surface area contributed by atoms with Crippen molar-refractivity contribution in [3.8, 4) is 0 Å². The van der Waals surface area contributed by atoms with Gasteiger partial charge in [0.25, 0.3) is 0 Å². The second kappa shape index (κ2) is 6.72. The van der Waals surface area contributed by atoms with Crippen molar-refractivity contribution in [3.05, 3.63) is 29.8 Å². The molecular weight excluding hydrogens is 256 g/mol. The maximum absolute atomic E-state index is 12.2. The van der Waals surface area contributed by atoms with Gasteiger partial charge in [0, 0.05) is 25.4 Å². The molecule has 0 aliphatic carbocycles. The summed E-state index contributed by atoms with van der Waals surface area (Å²) in [6, 6.07) is 7.13. The molecule has 0 aromatic heterocycles. The van der Waals surface area contributed by atoms with Crippen molar-refractivity contribution in [3.63, 3.8) is 0 Å². The first-order valence-corrected chi connectivity index (χ1v) is 7.02. The van der Waals surface area contributed by atoms with E-state index >= 15 is 0 Å². The summed E-state index contributed by atoms with van der Waals surface area (Å²) in [4.78, 5) is 14.0. The minimum absolute atomic E-state index is 0.0702. The summed E-state index contributed by atoms with van der Waals surface area (Å²) in [6.07, 6.45) is 0.433. The molecule has 0 bridgehead atoms. The number of ether oxygens (including phenoxy) is 1. The molecule has 5 nitrogen and oxygen atoms in total. The average molecular weight is 278 g/mol. The number of nitrogens with zero attached hydrogens (tertiary/aromatic N) is 1. The number of urea groups is 1. The van der Waals surface area contributed by atoms with E-state index in [0.717, 1.165) is 17.7 Å². The summed E-state index contributed by atoms with van der Waals surface area (Å²) in [6.45, 7) is 5.71. The Balaban J connectivity index is 1.96. The SMILES string of the molecule is CC1CN(C(=O)Nc2ccc(C(C)O)cc2)CCCO1. The van der Waals surface area contributed by atoms with Crippen molar-refractivity contribution in [2.75, 3.05) is 25.0 Å². The lowest BCUT2D eigenvalue weighted by Gasteiger charge is -2.22. The van der Waals surface area contributed by atoms with Crippen LogP contribution in [0.4, 0.5) is 10.5 Å². The number of benzene rings is 1. The molecule has 2 amide bonds. The highest BCUT2D eigenvalue weighted by Gasteiger charge is 2.19. The van der Waals surface area contributed by atoms with Crippen molar-refractivity contribution in [2.24, 2.45) is 0 Å². The van der Waals surface area contributed by atoms with Crippen LogP contribution >= 0.6 is 0 Å². The topological polar surface area (TPSA) is 61.8 Å². The highest BCUT2D eigenvalue weighted by atomic mass is 16.5. The average Bonchev–Trinajstić information content (AvgIpc) is 2.64. The molecule has 1 fully saturated rings. The summed E-state index contributed by atoms with van der Waals surface area (Å²) in [5, 5.41) is 12.3. The third-order valence-corrected chi connectivity index (χ3v) is 3.38. The number of nitrogens with one attached hydrogen (secondary N) is 1. The predicted octanol–water partition coefficient (Wildman–Crippen LogP) is 2.38. The Morgan fingerprint density at radius 2 is 2.15 bits per heavy atom. The standard InChI is InChI=1S/C15H22N2O3/c1-11-10-17(8-3-9-20-11)15(19)16-14-6-4-13(5-7-14)12(2)18/h4-7,11-12,18H,3,8-10H2,1-2H3,(H,16,19). The van der Waals surface area contributed by atoms with Crippen LogP contribution in [-0.4, -0.2) is 41.8 Å². The molecule has 20 heavy (non-hydrogen) atoms. The number of rotatable bonds is 2. The number of anilines is 1. The van der Waals surface area contributed by atoms with Gasteiger partial charge in [-0.3, -0.25) is 0 Å². The summed E-state index contributed by atoms with van der Waals surface area (Å²) >= 11 is 0. The third-order valence-electron chi connectivity index (χ3n) is 3.38. The highest BCUT2D eigenvalue weighted by Crippen LogP contribution is 2.16. The van der Waals surface area contributed by atoms with Gasteiger partial charge in [0.2, 0.25) is 0 Å². The summed E-state index contributed by atoms with van der Waals surface area (Å²) in [5.41, 5.74) is 1.57. The fourth-order valence-corrected chi connectivity index (χ4v) is 2.23. The second-order valence-corrected chi connectivity index (χ2v) is 5.21. The van der Waals surface area contributed by atoms with Gasteiger partial charge in [-0.1, -0.05) is 12.1 Å². The molecule has 2 N–H and O–H groups in total. The first-order valence-electron chi connectivity index (χ1n) is 7.02. The molecule has 0 saturated carbocycles. The van der Waals surface area contributed by atoms with Crippen LogP contribution in [0.25, 0.3) is 0 Å². The number of carbonyl (C=O) groups excluding carboxylic acids is 1. The molecule has 2 rings (SSSR count). The van der Waals surface area contributed by atoms with Crippen LogP contribution in [0, 0.1) is 0 Å². The Morgan fingerprint density at radius 1 is 1.45 bits per heavy atom. The number of hydrogen-bond acceptors (Lipinski definition) is 3. The molecule has 0 spiro atoms. The smallest absolute Gasteiger partial charge is 0.321 e. The summed E-state index contributed by atoms with van der Waals surface area (Å²) < 4.78 is 5.53. The summed E-state index contributed by atoms with van der Waals surface area (Å²) in [7, 11) is 0. The van der Waals surface area contributed by atoms with Crippen LogP contribution in [0.2, 0.25) is 0 Å². The molecule has 5 heteroatoms. The maximum atomic E-state index is 12.2. The van der Waals surface area contributed by atoms with Crippen LogP contribution in [0.1, 0.15) is 31.9 Å². The van der Waals surface area contributed by atoms with E-state index in [-0.39, 0.29) is 12.1 Å². The predicted molar refractivity (Wildman–Crippen MR) is 77.7 cm³/mol. The van der Waals surface area contributed by atoms with E-state index in [1.807, 2.05) is 19.1 Å². The lowest BCUT2D eigenvalue weighted by atomic mass is 10.1. The minimum Gasteiger partial charge on any atom is -0.389 e. The lowest BCUT2D eigenvalue weighted by Crippen LogP contribution is -2.38. The van der Waals surface area contributed by atoms with Crippen LogP contribution in [0.15, 0.2) is 24.3 Å². The number of hydrogen-bond donors (Lipinski definition) is 2. The van der Waals surface area contributed by atoms with Gasteiger partial charge >= 0.3 is 6.03 Å². The largest absolute Gasteiger partial charge is 0.389 e. The van der Waals surface area contributed by atoms with Gasteiger partial charge in [-0.05, 0) is 38.0 Å². The molecule has 1 aromatic rings. The van der Waals surface area contributed by atoms with Gasteiger partial charge in [0.1, 0.15) is 0 Å². The Labute approximate surface area is 119 Å². The van der Waals surface area contributed by atoms with Crippen LogP contribution in [0.3, 0.4) is 0 Å². The van der Waals surface area contributed by atoms with Crippen LogP contribution in [-0.2, 0) is 4.74 Å². The number of aliphatic hydroxyl groups is 1. The lowest BCUT2D eigenvalue weighted by molar-refractivity contribution is 0.0718. The van der Waals surface area contributed by atoms with Crippen molar-refractivity contribution in [2.45, 2.75) is 32.5 Å². The van der Waals surface area contributed by atoms with E-state index < -0.39 is 6.10 Å². The van der Waals surface area contributed by atoms with Gasteiger partial charge in [-0.2, -0.15) is 0 Å². The monoisotopic (exact) mass is 278 g/mol. The fourth-order valence-electron chi connectivity index (χ4n) is 2.23. The van der Waals surface area contributed by atoms with Crippen LogP contribution < -0.4 is 5.32 Å². The minimum atomic E-state index is -0.497. The zero-order valence-corrected chi connectivity index (χ0v) is 12.0. The fraction of sp³-hybridized carbons (Fsp3) is 0.533. The molecule has 1 aliphatic heterocycles. The maximum Gasteiger partial charge on any atom is 0.321 e. The van der Waals surface area contributed by atoms with Gasteiger partial charge in [-0.25, -0.2) is 4.79 Å². The number of aliphatic hydroxyl groups excluding tert-OH is 1. The molecule has 0 radical (unpaired) electrons. The molecule has 1 heterocycles. The van der Waals surface area contributed by atoms with E-state index in [0.29, 0.717) is 19.7 Å². The Kier molecular flexibility index (Phi) is 4.98. The number of amides is 2. The van der Waals surface area contributed by atoms with E-state index in [9.17, 15) is 9.90 Å². The molecule has 2 atom stereocenters. The van der Waals surface area contributed by atoms with Crippen molar-refractivity contribution >= 4 is 11.7 Å². The zero-order valence-electron chi connectivity index (χ0n) is 12.0. The van der Waals surface area contributed by atoms with Crippen LogP contribution in [0.5, 0.6) is 0 Å². The molecule has 1 aliphatic rings. The Hall–Kier alpha value is -1.59. The van der Waals surface area contributed by atoms with Gasteiger partial charge < -0.3 is 20.1 Å². The van der Waals surface area contributed by atoms with Crippen molar-refractivity contribution in [1.29, 1.82) is 0 Å². The first-order chi connectivity index (χ1) is 9.56. The Morgan fingerprint density at radius 3 is 2.80 bits per heavy atom. The van der Waals surface area contributed by atoms with E-state index in [1.165, 1.54) is 0 Å². The number of carbonyl (C=O) groups is 1. The molecular formula is C15H22N2O3. The molecule has 1 aromatic carbocycles. The first kappa shape index (κ1) is 14.8. The quantitative estimate of drug-likeness (QED) is 0.873. The van der Waals surface area contributed by atoms with E-state index in [2.05, 4.69) is 5.32 Å². The third kappa shape index (κ3) is 3.95. The normalized spacial score (nSPS) is 21.1. The van der Waals surface area contributed by atoms with Crippen molar-refractivity contribution < 1.29 is 14.6 Å². The van der Waals surface area contributed by atoms with Gasteiger partial charge in [-0.15, -0.1) is 0 Å². The highest BCUT2D eigenvalue weighted by molar-refractivity contribution is 5.89. The van der Waals surface area contributed by atoms with E-state index in [1.54, 1.807) is 24.0 Å². The van der Waals surface area contributed by atoms with Gasteiger partial charge in [0.05, 0.1) is 12.2 Å². The Bertz CT molecular complexity index is 445. The zero-order chi connectivity index (χ0) is 14.5. The molecule has 110 valence electrons. The summed E-state index contributed by atoms with van der Waals surface area (Å²) in [5.74, 6) is 0. The van der Waals surface area contributed by atoms with Crippen molar-refractivity contribution in [1.82, 2.24) is 4.90 Å². The van der Waals surface area contributed by atoms with E-state index in [4.69, 9.17) is 4.74 Å². The second-order valence-electron chi connectivity index (χ2n) is 5.21. The van der Waals surface area contributed by atoms with Gasteiger partial charge in [0.15, 0.2) is 0 Å².